The van der Waals surface area contributed by atoms with E-state index in [1.807, 2.05) is 31.2 Å². The lowest BCUT2D eigenvalue weighted by Gasteiger charge is -2.04. The number of nitrogens with zero attached hydrogens (tertiary/aromatic N) is 3. The van der Waals surface area contributed by atoms with Gasteiger partial charge in [-0.3, -0.25) is 4.79 Å². The molecule has 4 aromatic rings. The zero-order chi connectivity index (χ0) is 20.2. The maximum atomic E-state index is 12.3. The summed E-state index contributed by atoms with van der Waals surface area (Å²) in [6.45, 7) is 4.18. The second-order valence-electron chi connectivity index (χ2n) is 6.63. The Balaban J connectivity index is 1.34. The first-order chi connectivity index (χ1) is 14.1. The average Bonchev–Trinajstić information content (AvgIpc) is 3.14. The van der Waals surface area contributed by atoms with E-state index in [0.717, 1.165) is 27.9 Å². The summed E-state index contributed by atoms with van der Waals surface area (Å²) >= 11 is 2.84. The molecule has 0 saturated carbocycles. The number of rotatable bonds is 6. The standard InChI is InChI=1S/C22H20N4OS2/c1-3-15-5-7-16(8-6-15)17-10-11-21(26-25-17)28-13-20(27)24-22-23-18-9-4-14(2)12-19(18)29-22/h4-12H,3,13H2,1-2H3,(H,23,24,27). The number of nitrogens with one attached hydrogen (secondary N) is 1. The van der Waals surface area contributed by atoms with Crippen LogP contribution in [0.2, 0.25) is 0 Å². The van der Waals surface area contributed by atoms with Crippen LogP contribution in [-0.4, -0.2) is 26.8 Å². The van der Waals surface area contributed by atoms with E-state index in [4.69, 9.17) is 0 Å². The van der Waals surface area contributed by atoms with Crippen molar-refractivity contribution in [3.63, 3.8) is 0 Å². The maximum Gasteiger partial charge on any atom is 0.236 e. The molecule has 5 nitrogen and oxygen atoms in total. The Morgan fingerprint density at radius 3 is 2.62 bits per heavy atom. The molecule has 0 fully saturated rings. The third kappa shape index (κ3) is 4.81. The van der Waals surface area contributed by atoms with E-state index < -0.39 is 0 Å². The van der Waals surface area contributed by atoms with E-state index in [-0.39, 0.29) is 11.7 Å². The van der Waals surface area contributed by atoms with Crippen molar-refractivity contribution in [3.8, 4) is 11.3 Å². The summed E-state index contributed by atoms with van der Waals surface area (Å²) in [5.41, 5.74) is 5.24. The minimum atomic E-state index is -0.105. The molecule has 0 atom stereocenters. The Morgan fingerprint density at radius 1 is 1.07 bits per heavy atom. The van der Waals surface area contributed by atoms with Gasteiger partial charge in [0.25, 0.3) is 0 Å². The van der Waals surface area contributed by atoms with Gasteiger partial charge in [-0.05, 0) is 48.7 Å². The van der Waals surface area contributed by atoms with Crippen molar-refractivity contribution < 1.29 is 4.79 Å². The highest BCUT2D eigenvalue weighted by Crippen LogP contribution is 2.27. The van der Waals surface area contributed by atoms with Crippen molar-refractivity contribution in [2.24, 2.45) is 0 Å². The largest absolute Gasteiger partial charge is 0.301 e. The van der Waals surface area contributed by atoms with Crippen LogP contribution in [0, 0.1) is 6.92 Å². The van der Waals surface area contributed by atoms with E-state index in [1.165, 1.54) is 34.2 Å². The number of carbonyl (C=O) groups is 1. The predicted octanol–water partition coefficient (Wildman–Crippen LogP) is 5.35. The number of thiazole rings is 1. The summed E-state index contributed by atoms with van der Waals surface area (Å²) in [4.78, 5) is 16.7. The zero-order valence-electron chi connectivity index (χ0n) is 16.2. The Labute approximate surface area is 177 Å². The Bertz CT molecular complexity index is 1140. The van der Waals surface area contributed by atoms with Crippen LogP contribution in [-0.2, 0) is 11.2 Å². The quantitative estimate of drug-likeness (QED) is 0.426. The number of anilines is 1. The van der Waals surface area contributed by atoms with E-state index in [0.29, 0.717) is 10.2 Å². The molecule has 2 heterocycles. The van der Waals surface area contributed by atoms with Gasteiger partial charge in [-0.25, -0.2) is 4.98 Å². The molecule has 0 aliphatic carbocycles. The molecule has 0 saturated heterocycles. The van der Waals surface area contributed by atoms with Crippen molar-refractivity contribution >= 4 is 44.4 Å². The maximum absolute atomic E-state index is 12.3. The molecule has 0 aliphatic heterocycles. The van der Waals surface area contributed by atoms with Gasteiger partial charge in [0.05, 0.1) is 21.7 Å². The molecular formula is C22H20N4OS2. The summed E-state index contributed by atoms with van der Waals surface area (Å²) < 4.78 is 1.07. The van der Waals surface area contributed by atoms with Crippen LogP contribution < -0.4 is 5.32 Å². The van der Waals surface area contributed by atoms with Gasteiger partial charge >= 0.3 is 0 Å². The fourth-order valence-electron chi connectivity index (χ4n) is 2.84. The topological polar surface area (TPSA) is 67.8 Å². The number of carbonyl (C=O) groups excluding carboxylic acids is 1. The molecular weight excluding hydrogens is 400 g/mol. The van der Waals surface area contributed by atoms with Gasteiger partial charge in [0, 0.05) is 5.56 Å². The lowest BCUT2D eigenvalue weighted by atomic mass is 10.1. The van der Waals surface area contributed by atoms with Crippen LogP contribution in [0.1, 0.15) is 18.1 Å². The van der Waals surface area contributed by atoms with Gasteiger partial charge in [0.1, 0.15) is 5.03 Å². The number of benzene rings is 2. The SMILES string of the molecule is CCc1ccc(-c2ccc(SCC(=O)Nc3nc4ccc(C)cc4s3)nn2)cc1. The monoisotopic (exact) mass is 420 g/mol. The summed E-state index contributed by atoms with van der Waals surface area (Å²) in [5.74, 6) is 0.153. The minimum Gasteiger partial charge on any atom is -0.301 e. The Kier molecular flexibility index (Phi) is 5.87. The molecule has 0 bridgehead atoms. The lowest BCUT2D eigenvalue weighted by molar-refractivity contribution is -0.113. The number of thioether (sulfide) groups is 1. The van der Waals surface area contributed by atoms with Crippen LogP contribution in [0.25, 0.3) is 21.5 Å². The van der Waals surface area contributed by atoms with Gasteiger partial charge in [0.2, 0.25) is 5.91 Å². The molecule has 146 valence electrons. The first-order valence-corrected chi connectivity index (χ1v) is 11.1. The summed E-state index contributed by atoms with van der Waals surface area (Å²) in [6, 6.07) is 18.2. The fourth-order valence-corrected chi connectivity index (χ4v) is 4.44. The molecule has 1 amide bonds. The molecule has 7 heteroatoms. The van der Waals surface area contributed by atoms with Crippen LogP contribution >= 0.6 is 23.1 Å². The Morgan fingerprint density at radius 2 is 1.90 bits per heavy atom. The van der Waals surface area contributed by atoms with E-state index in [9.17, 15) is 4.79 Å². The summed E-state index contributed by atoms with van der Waals surface area (Å²) in [7, 11) is 0. The highest BCUT2D eigenvalue weighted by Gasteiger charge is 2.10. The van der Waals surface area contributed by atoms with Gasteiger partial charge in [-0.1, -0.05) is 60.4 Å². The van der Waals surface area contributed by atoms with Gasteiger partial charge < -0.3 is 5.32 Å². The second kappa shape index (κ2) is 8.71. The first kappa shape index (κ1) is 19.5. The van der Waals surface area contributed by atoms with Gasteiger partial charge in [-0.2, -0.15) is 0 Å². The fraction of sp³-hybridized carbons (Fsp3) is 0.182. The number of aromatic nitrogens is 3. The van der Waals surface area contributed by atoms with E-state index >= 15 is 0 Å². The van der Waals surface area contributed by atoms with E-state index in [1.54, 1.807) is 0 Å². The number of amides is 1. The lowest BCUT2D eigenvalue weighted by Crippen LogP contribution is -2.13. The third-order valence-corrected chi connectivity index (χ3v) is 6.29. The molecule has 2 aromatic heterocycles. The highest BCUT2D eigenvalue weighted by atomic mass is 32.2. The van der Waals surface area contributed by atoms with Gasteiger partial charge in [0.15, 0.2) is 5.13 Å². The molecule has 0 spiro atoms. The van der Waals surface area contributed by atoms with Crippen LogP contribution in [0.4, 0.5) is 5.13 Å². The number of hydrogen-bond donors (Lipinski definition) is 1. The molecule has 4 rings (SSSR count). The first-order valence-electron chi connectivity index (χ1n) is 9.33. The molecule has 29 heavy (non-hydrogen) atoms. The van der Waals surface area contributed by atoms with Crippen LogP contribution in [0.15, 0.2) is 59.6 Å². The predicted molar refractivity (Wildman–Crippen MR) is 121 cm³/mol. The molecule has 0 unspecified atom stereocenters. The number of hydrogen-bond acceptors (Lipinski definition) is 6. The number of aryl methyl sites for hydroxylation is 2. The van der Waals surface area contributed by atoms with Crippen LogP contribution in [0.5, 0.6) is 0 Å². The van der Waals surface area contributed by atoms with Crippen molar-refractivity contribution in [1.29, 1.82) is 0 Å². The van der Waals surface area contributed by atoms with Crippen LogP contribution in [0.3, 0.4) is 0 Å². The molecule has 1 N–H and O–H groups in total. The summed E-state index contributed by atoms with van der Waals surface area (Å²) in [6.07, 6.45) is 1.01. The van der Waals surface area contributed by atoms with E-state index in [2.05, 4.69) is 57.8 Å². The van der Waals surface area contributed by atoms with Crippen molar-refractivity contribution in [3.05, 3.63) is 65.7 Å². The highest BCUT2D eigenvalue weighted by molar-refractivity contribution is 7.99. The average molecular weight is 421 g/mol. The summed E-state index contributed by atoms with van der Waals surface area (Å²) in [5, 5.41) is 12.7. The zero-order valence-corrected chi connectivity index (χ0v) is 17.8. The molecule has 0 aliphatic rings. The van der Waals surface area contributed by atoms with Crippen molar-refractivity contribution in [1.82, 2.24) is 15.2 Å². The molecule has 2 aromatic carbocycles. The second-order valence-corrected chi connectivity index (χ2v) is 8.66. The minimum absolute atomic E-state index is 0.105. The van der Waals surface area contributed by atoms with Gasteiger partial charge in [-0.15, -0.1) is 10.2 Å². The smallest absolute Gasteiger partial charge is 0.236 e. The number of fused-ring (bicyclic) bond motifs is 1. The molecule has 0 radical (unpaired) electrons. The normalized spacial score (nSPS) is 11.0. The third-order valence-electron chi connectivity index (χ3n) is 4.44. The van der Waals surface area contributed by atoms with Crippen molar-refractivity contribution in [2.75, 3.05) is 11.1 Å². The van der Waals surface area contributed by atoms with Crippen molar-refractivity contribution in [2.45, 2.75) is 25.3 Å². The Hall–Kier alpha value is -2.77.